The number of hydrogen-bond acceptors (Lipinski definition) is 2. The minimum atomic E-state index is -0.0166. The van der Waals surface area contributed by atoms with Crippen LogP contribution in [-0.4, -0.2) is 32.6 Å². The number of nitrogens with one attached hydrogen (secondary N) is 1. The third-order valence-electron chi connectivity index (χ3n) is 3.84. The molecule has 1 aromatic carbocycles. The molecule has 0 fully saturated rings. The van der Waals surface area contributed by atoms with Crippen molar-refractivity contribution in [2.45, 2.75) is 20.4 Å². The molecule has 1 N–H and O–H groups in total. The smallest absolute Gasteiger partial charge is 0.270 e. The van der Waals surface area contributed by atoms with E-state index in [0.29, 0.717) is 12.2 Å². The number of amides is 1. The molecule has 2 aromatic heterocycles. The van der Waals surface area contributed by atoms with Gasteiger partial charge >= 0.3 is 0 Å². The van der Waals surface area contributed by atoms with Crippen molar-refractivity contribution in [1.29, 1.82) is 0 Å². The van der Waals surface area contributed by atoms with Crippen molar-refractivity contribution in [2.24, 2.45) is 7.05 Å². The van der Waals surface area contributed by atoms with Crippen LogP contribution in [0.2, 0.25) is 0 Å². The van der Waals surface area contributed by atoms with E-state index in [2.05, 4.69) is 36.1 Å². The summed E-state index contributed by atoms with van der Waals surface area (Å²) in [7, 11) is 3.67. The lowest BCUT2D eigenvalue weighted by Crippen LogP contribution is -2.26. The summed E-state index contributed by atoms with van der Waals surface area (Å²) in [5.41, 5.74) is 5.02. The number of aromatic amines is 1. The lowest BCUT2D eigenvalue weighted by molar-refractivity contribution is 0.0780. The average Bonchev–Trinajstić information content (AvgIpc) is 3.04. The molecule has 0 spiro atoms. The lowest BCUT2D eigenvalue weighted by atomic mass is 10.1. The molecular weight excluding hydrogens is 276 g/mol. The largest absolute Gasteiger partial charge is 0.351 e. The Labute approximate surface area is 129 Å². The topological polar surface area (TPSA) is 53.9 Å². The Kier molecular flexibility index (Phi) is 3.48. The highest BCUT2D eigenvalue weighted by atomic mass is 16.2. The summed E-state index contributed by atoms with van der Waals surface area (Å²) in [4.78, 5) is 17.5. The van der Waals surface area contributed by atoms with E-state index in [-0.39, 0.29) is 5.91 Å². The maximum absolute atomic E-state index is 12.6. The minimum absolute atomic E-state index is 0.0166. The standard InChI is InChI=1S/C17H20N4O/c1-11-5-12(2)14-7-16(19-15(14)6-11)17(22)20(3)9-13-8-18-21(4)10-13/h5-8,10,19H,9H2,1-4H3. The van der Waals surface area contributed by atoms with Crippen LogP contribution in [-0.2, 0) is 13.6 Å². The van der Waals surface area contributed by atoms with Gasteiger partial charge < -0.3 is 9.88 Å². The first-order valence-electron chi connectivity index (χ1n) is 7.27. The third-order valence-corrected chi connectivity index (χ3v) is 3.84. The average molecular weight is 296 g/mol. The molecule has 0 bridgehead atoms. The highest BCUT2D eigenvalue weighted by Crippen LogP contribution is 2.22. The quantitative estimate of drug-likeness (QED) is 0.808. The molecule has 5 nitrogen and oxygen atoms in total. The summed E-state index contributed by atoms with van der Waals surface area (Å²) in [6.07, 6.45) is 3.70. The van der Waals surface area contributed by atoms with Crippen molar-refractivity contribution >= 4 is 16.8 Å². The number of rotatable bonds is 3. The van der Waals surface area contributed by atoms with E-state index in [1.54, 1.807) is 22.8 Å². The van der Waals surface area contributed by atoms with Gasteiger partial charge in [0, 0.05) is 43.3 Å². The van der Waals surface area contributed by atoms with Gasteiger partial charge in [0.15, 0.2) is 0 Å². The first kappa shape index (κ1) is 14.4. The molecule has 3 rings (SSSR count). The lowest BCUT2D eigenvalue weighted by Gasteiger charge is -2.14. The summed E-state index contributed by atoms with van der Waals surface area (Å²) in [5, 5.41) is 5.23. The SMILES string of the molecule is Cc1cc(C)c2cc(C(=O)N(C)Cc3cnn(C)c3)[nH]c2c1. The second-order valence-corrected chi connectivity index (χ2v) is 5.91. The first-order chi connectivity index (χ1) is 10.4. The number of aromatic nitrogens is 3. The van der Waals surface area contributed by atoms with Crippen LogP contribution in [0.1, 0.15) is 27.2 Å². The molecule has 5 heteroatoms. The van der Waals surface area contributed by atoms with Crippen LogP contribution in [0.15, 0.2) is 30.6 Å². The summed E-state index contributed by atoms with van der Waals surface area (Å²) < 4.78 is 1.74. The van der Waals surface area contributed by atoms with Gasteiger partial charge in [-0.3, -0.25) is 9.48 Å². The third kappa shape index (κ3) is 2.62. The van der Waals surface area contributed by atoms with E-state index >= 15 is 0 Å². The molecule has 0 aliphatic rings. The van der Waals surface area contributed by atoms with Gasteiger partial charge in [0.2, 0.25) is 0 Å². The van der Waals surface area contributed by atoms with Crippen molar-refractivity contribution in [3.05, 3.63) is 53.0 Å². The Morgan fingerprint density at radius 1 is 1.32 bits per heavy atom. The Morgan fingerprint density at radius 2 is 2.09 bits per heavy atom. The number of fused-ring (bicyclic) bond motifs is 1. The van der Waals surface area contributed by atoms with Crippen LogP contribution < -0.4 is 0 Å². The predicted molar refractivity (Wildman–Crippen MR) is 86.8 cm³/mol. The number of carbonyl (C=O) groups excluding carboxylic acids is 1. The van der Waals surface area contributed by atoms with E-state index in [4.69, 9.17) is 0 Å². The minimum Gasteiger partial charge on any atom is -0.351 e. The Hall–Kier alpha value is -2.56. The number of H-pyrrole nitrogens is 1. The molecule has 2 heterocycles. The molecule has 3 aromatic rings. The second kappa shape index (κ2) is 5.33. The molecule has 22 heavy (non-hydrogen) atoms. The number of aryl methyl sites for hydroxylation is 3. The number of benzene rings is 1. The van der Waals surface area contributed by atoms with Crippen molar-refractivity contribution in [1.82, 2.24) is 19.7 Å². The molecule has 0 saturated carbocycles. The molecule has 0 atom stereocenters. The van der Waals surface area contributed by atoms with Crippen molar-refractivity contribution in [2.75, 3.05) is 7.05 Å². The van der Waals surface area contributed by atoms with Crippen LogP contribution in [0, 0.1) is 13.8 Å². The van der Waals surface area contributed by atoms with Gasteiger partial charge in [0.1, 0.15) is 5.69 Å². The highest BCUT2D eigenvalue weighted by Gasteiger charge is 2.16. The van der Waals surface area contributed by atoms with Gasteiger partial charge in [-0.2, -0.15) is 5.10 Å². The summed E-state index contributed by atoms with van der Waals surface area (Å²) in [6.45, 7) is 4.67. The Balaban J connectivity index is 1.86. The van der Waals surface area contributed by atoms with E-state index < -0.39 is 0 Å². The normalized spacial score (nSPS) is 11.1. The predicted octanol–water partition coefficient (Wildman–Crippen LogP) is 2.79. The number of hydrogen-bond donors (Lipinski definition) is 1. The van der Waals surface area contributed by atoms with E-state index in [0.717, 1.165) is 16.5 Å². The first-order valence-corrected chi connectivity index (χ1v) is 7.27. The maximum atomic E-state index is 12.6. The van der Waals surface area contributed by atoms with Gasteiger partial charge in [-0.15, -0.1) is 0 Å². The van der Waals surface area contributed by atoms with Crippen LogP contribution in [0.3, 0.4) is 0 Å². The van der Waals surface area contributed by atoms with Crippen LogP contribution in [0.5, 0.6) is 0 Å². The molecule has 0 saturated heterocycles. The second-order valence-electron chi connectivity index (χ2n) is 5.91. The summed E-state index contributed by atoms with van der Waals surface area (Å²) in [6, 6.07) is 6.14. The van der Waals surface area contributed by atoms with Crippen molar-refractivity contribution < 1.29 is 4.79 Å². The zero-order valence-electron chi connectivity index (χ0n) is 13.3. The van der Waals surface area contributed by atoms with Crippen LogP contribution >= 0.6 is 0 Å². The Bertz CT molecular complexity index is 844. The molecular formula is C17H20N4O. The molecule has 0 aliphatic carbocycles. The van der Waals surface area contributed by atoms with Gasteiger partial charge in [-0.1, -0.05) is 6.07 Å². The van der Waals surface area contributed by atoms with Crippen molar-refractivity contribution in [3.63, 3.8) is 0 Å². The monoisotopic (exact) mass is 296 g/mol. The fourth-order valence-corrected chi connectivity index (χ4v) is 2.82. The number of nitrogens with zero attached hydrogens (tertiary/aromatic N) is 3. The van der Waals surface area contributed by atoms with Crippen molar-refractivity contribution in [3.8, 4) is 0 Å². The van der Waals surface area contributed by atoms with Gasteiger partial charge in [0.05, 0.1) is 6.20 Å². The Morgan fingerprint density at radius 3 is 2.77 bits per heavy atom. The summed E-state index contributed by atoms with van der Waals surface area (Å²) in [5.74, 6) is -0.0166. The maximum Gasteiger partial charge on any atom is 0.270 e. The molecule has 114 valence electrons. The fraction of sp³-hybridized carbons (Fsp3) is 0.294. The zero-order chi connectivity index (χ0) is 15.9. The molecule has 0 aliphatic heterocycles. The molecule has 0 radical (unpaired) electrons. The van der Waals surface area contributed by atoms with Crippen LogP contribution in [0.25, 0.3) is 10.9 Å². The van der Waals surface area contributed by atoms with E-state index in [1.807, 2.05) is 19.3 Å². The van der Waals surface area contributed by atoms with Gasteiger partial charge in [-0.05, 0) is 37.1 Å². The molecule has 1 amide bonds. The van der Waals surface area contributed by atoms with E-state index in [1.165, 1.54) is 11.1 Å². The zero-order valence-corrected chi connectivity index (χ0v) is 13.3. The summed E-state index contributed by atoms with van der Waals surface area (Å²) >= 11 is 0. The number of carbonyl (C=O) groups is 1. The molecule has 0 unspecified atom stereocenters. The van der Waals surface area contributed by atoms with Gasteiger partial charge in [0.25, 0.3) is 5.91 Å². The van der Waals surface area contributed by atoms with E-state index in [9.17, 15) is 4.79 Å². The van der Waals surface area contributed by atoms with Crippen LogP contribution in [0.4, 0.5) is 0 Å². The fourth-order valence-electron chi connectivity index (χ4n) is 2.82. The highest BCUT2D eigenvalue weighted by molar-refractivity contribution is 5.98. The van der Waals surface area contributed by atoms with Gasteiger partial charge in [-0.25, -0.2) is 0 Å².